The number of fused-ring (bicyclic) bond motifs is 1. The first-order chi connectivity index (χ1) is 15.7. The number of hydrogen-bond donors (Lipinski definition) is 1. The second-order valence-electron chi connectivity index (χ2n) is 8.64. The van der Waals surface area contributed by atoms with Crippen LogP contribution < -0.4 is 4.74 Å². The van der Waals surface area contributed by atoms with Crippen LogP contribution in [0.4, 0.5) is 4.39 Å². The highest BCUT2D eigenvalue weighted by atomic mass is 32.2. The molecular weight excluding hydrogens is 421 g/mol. The van der Waals surface area contributed by atoms with E-state index in [0.717, 1.165) is 29.2 Å². The second-order valence-corrected chi connectivity index (χ2v) is 9.80. The van der Waals surface area contributed by atoms with E-state index in [1.54, 1.807) is 12.1 Å². The van der Waals surface area contributed by atoms with Crippen molar-refractivity contribution in [2.24, 2.45) is 0 Å². The van der Waals surface area contributed by atoms with Gasteiger partial charge in [-0.3, -0.25) is 0 Å². The molecule has 1 saturated heterocycles. The molecule has 3 aromatic rings. The van der Waals surface area contributed by atoms with Crippen molar-refractivity contribution in [3.63, 3.8) is 0 Å². The van der Waals surface area contributed by atoms with Crippen LogP contribution in [-0.2, 0) is 0 Å². The molecule has 0 radical (unpaired) electrons. The summed E-state index contributed by atoms with van der Waals surface area (Å²) in [7, 11) is 0. The lowest BCUT2D eigenvalue weighted by Crippen LogP contribution is -2.25. The summed E-state index contributed by atoms with van der Waals surface area (Å²) >= 11 is 1.91. The molecule has 2 aliphatic heterocycles. The molecule has 0 aliphatic carbocycles. The van der Waals surface area contributed by atoms with Gasteiger partial charge in [-0.15, -0.1) is 11.8 Å². The third-order valence-electron chi connectivity index (χ3n) is 6.57. The molecule has 166 valence electrons. The quantitative estimate of drug-likeness (QED) is 0.466. The van der Waals surface area contributed by atoms with Crippen molar-refractivity contribution in [1.29, 1.82) is 0 Å². The molecule has 1 fully saturated rings. The number of phenolic OH excluding ortho intramolecular Hbond substituents is 1. The van der Waals surface area contributed by atoms with E-state index in [1.807, 2.05) is 30.0 Å². The van der Waals surface area contributed by atoms with Crippen molar-refractivity contribution in [1.82, 2.24) is 4.90 Å². The summed E-state index contributed by atoms with van der Waals surface area (Å²) < 4.78 is 19.6. The third kappa shape index (κ3) is 4.64. The SMILES string of the molecule is Oc1ccc2c(c1)OC[C@@H](c1ccc(F)cc1)[C@H]2c1ccc(SCCN2CCCC2)cc1. The Kier molecular flexibility index (Phi) is 6.37. The third-order valence-corrected chi connectivity index (χ3v) is 7.56. The van der Waals surface area contributed by atoms with Crippen molar-refractivity contribution >= 4 is 11.8 Å². The van der Waals surface area contributed by atoms with Crippen LogP contribution in [0.2, 0.25) is 0 Å². The van der Waals surface area contributed by atoms with Crippen molar-refractivity contribution in [2.75, 3.05) is 32.0 Å². The zero-order valence-electron chi connectivity index (χ0n) is 18.0. The number of likely N-dealkylation sites (tertiary alicyclic amines) is 1. The van der Waals surface area contributed by atoms with Crippen LogP contribution in [-0.4, -0.2) is 42.0 Å². The molecule has 0 bridgehead atoms. The Morgan fingerprint density at radius 3 is 2.41 bits per heavy atom. The average molecular weight is 450 g/mol. The fourth-order valence-electron chi connectivity index (χ4n) is 4.88. The Morgan fingerprint density at radius 1 is 0.938 bits per heavy atom. The van der Waals surface area contributed by atoms with Crippen LogP contribution in [0.3, 0.4) is 0 Å². The van der Waals surface area contributed by atoms with E-state index in [4.69, 9.17) is 4.74 Å². The van der Waals surface area contributed by atoms with Gasteiger partial charge in [0.1, 0.15) is 17.3 Å². The topological polar surface area (TPSA) is 32.7 Å². The number of ether oxygens (including phenoxy) is 1. The van der Waals surface area contributed by atoms with E-state index >= 15 is 0 Å². The van der Waals surface area contributed by atoms with Gasteiger partial charge in [-0.1, -0.05) is 30.3 Å². The van der Waals surface area contributed by atoms with Crippen LogP contribution >= 0.6 is 11.8 Å². The Morgan fingerprint density at radius 2 is 1.66 bits per heavy atom. The maximum absolute atomic E-state index is 13.5. The van der Waals surface area contributed by atoms with Crippen LogP contribution in [0.1, 0.15) is 41.4 Å². The van der Waals surface area contributed by atoms with Gasteiger partial charge < -0.3 is 14.7 Å². The molecular formula is C27H28FNO2S. The van der Waals surface area contributed by atoms with Crippen LogP contribution in [0.5, 0.6) is 11.5 Å². The average Bonchev–Trinajstić information content (AvgIpc) is 3.33. The first kappa shape index (κ1) is 21.4. The van der Waals surface area contributed by atoms with E-state index < -0.39 is 0 Å². The molecule has 0 aromatic heterocycles. The van der Waals surface area contributed by atoms with Crippen molar-refractivity contribution in [3.8, 4) is 11.5 Å². The van der Waals surface area contributed by atoms with E-state index in [0.29, 0.717) is 6.61 Å². The Balaban J connectivity index is 1.39. The van der Waals surface area contributed by atoms with Crippen molar-refractivity contribution in [2.45, 2.75) is 29.6 Å². The van der Waals surface area contributed by atoms with Gasteiger partial charge in [0, 0.05) is 40.7 Å². The Hall–Kier alpha value is -2.50. The summed E-state index contributed by atoms with van der Waals surface area (Å²) in [6, 6.07) is 20.9. The first-order valence-electron chi connectivity index (χ1n) is 11.3. The summed E-state index contributed by atoms with van der Waals surface area (Å²) in [5, 5.41) is 9.93. The largest absolute Gasteiger partial charge is 0.508 e. The normalized spacial score (nSPS) is 20.7. The fourth-order valence-corrected chi connectivity index (χ4v) is 5.79. The lowest BCUT2D eigenvalue weighted by atomic mass is 9.76. The molecule has 2 aliphatic rings. The standard InChI is InChI=1S/C27H28FNO2S/c28-21-7-3-19(4-8-21)25-18-31-26-17-22(30)9-12-24(26)27(25)20-5-10-23(11-6-20)32-16-15-29-13-1-2-14-29/h3-12,17,25,27,30H,1-2,13-16,18H2/t25-,27-/m0/s1. The molecule has 5 heteroatoms. The highest BCUT2D eigenvalue weighted by molar-refractivity contribution is 7.99. The number of thioether (sulfide) groups is 1. The summed E-state index contributed by atoms with van der Waals surface area (Å²) in [5.41, 5.74) is 3.32. The Bertz CT molecular complexity index is 1050. The monoisotopic (exact) mass is 449 g/mol. The number of aromatic hydroxyl groups is 1. The number of phenols is 1. The lowest BCUT2D eigenvalue weighted by Gasteiger charge is -2.34. The molecule has 1 N–H and O–H groups in total. The van der Waals surface area contributed by atoms with Gasteiger partial charge in [0.05, 0.1) is 6.61 Å². The van der Waals surface area contributed by atoms with E-state index in [1.165, 1.54) is 48.5 Å². The van der Waals surface area contributed by atoms with Gasteiger partial charge in [-0.05, 0) is 67.4 Å². The zero-order valence-corrected chi connectivity index (χ0v) is 18.9. The highest BCUT2D eigenvalue weighted by Crippen LogP contribution is 2.47. The predicted octanol–water partition coefficient (Wildman–Crippen LogP) is 6.03. The number of nitrogens with zero attached hydrogens (tertiary/aromatic N) is 1. The zero-order chi connectivity index (χ0) is 21.9. The molecule has 3 aromatic carbocycles. The van der Waals surface area contributed by atoms with Gasteiger partial charge in [-0.25, -0.2) is 4.39 Å². The molecule has 2 atom stereocenters. The van der Waals surface area contributed by atoms with Gasteiger partial charge in [0.15, 0.2) is 0 Å². The predicted molar refractivity (Wildman–Crippen MR) is 127 cm³/mol. The highest BCUT2D eigenvalue weighted by Gasteiger charge is 2.33. The maximum Gasteiger partial charge on any atom is 0.126 e. The van der Waals surface area contributed by atoms with Gasteiger partial charge >= 0.3 is 0 Å². The molecule has 3 nitrogen and oxygen atoms in total. The summed E-state index contributed by atoms with van der Waals surface area (Å²) in [5.74, 6) is 1.94. The number of hydrogen-bond acceptors (Lipinski definition) is 4. The van der Waals surface area contributed by atoms with Gasteiger partial charge in [0.2, 0.25) is 0 Å². The van der Waals surface area contributed by atoms with E-state index in [9.17, 15) is 9.50 Å². The van der Waals surface area contributed by atoms with Crippen molar-refractivity contribution in [3.05, 3.63) is 89.2 Å². The first-order valence-corrected chi connectivity index (χ1v) is 12.3. The van der Waals surface area contributed by atoms with Crippen molar-refractivity contribution < 1.29 is 14.2 Å². The number of rotatable bonds is 6. The molecule has 2 heterocycles. The van der Waals surface area contributed by atoms with Crippen LogP contribution in [0, 0.1) is 5.82 Å². The molecule has 0 saturated carbocycles. The molecule has 0 spiro atoms. The summed E-state index contributed by atoms with van der Waals surface area (Å²) in [6.07, 6.45) is 2.66. The molecule has 32 heavy (non-hydrogen) atoms. The minimum atomic E-state index is -0.234. The fraction of sp³-hybridized carbons (Fsp3) is 0.333. The van der Waals surface area contributed by atoms with Crippen LogP contribution in [0.15, 0.2) is 71.6 Å². The van der Waals surface area contributed by atoms with Gasteiger partial charge in [-0.2, -0.15) is 0 Å². The summed E-state index contributed by atoms with van der Waals surface area (Å²) in [6.45, 7) is 4.11. The number of benzene rings is 3. The second kappa shape index (κ2) is 9.55. The summed E-state index contributed by atoms with van der Waals surface area (Å²) in [4.78, 5) is 3.83. The molecule has 0 amide bonds. The van der Waals surface area contributed by atoms with Gasteiger partial charge in [0.25, 0.3) is 0 Å². The minimum Gasteiger partial charge on any atom is -0.508 e. The minimum absolute atomic E-state index is 0.0707. The molecule has 0 unspecified atom stereocenters. The van der Waals surface area contributed by atoms with Crippen LogP contribution in [0.25, 0.3) is 0 Å². The van der Waals surface area contributed by atoms with E-state index in [-0.39, 0.29) is 23.4 Å². The maximum atomic E-state index is 13.5. The Labute approximate surface area is 193 Å². The lowest BCUT2D eigenvalue weighted by molar-refractivity contribution is 0.247. The number of halogens is 1. The van der Waals surface area contributed by atoms with E-state index in [2.05, 4.69) is 29.2 Å². The molecule has 5 rings (SSSR count). The smallest absolute Gasteiger partial charge is 0.126 e.